The third kappa shape index (κ3) is 9.87. The molecule has 3 heteroatoms. The Morgan fingerprint density at radius 1 is 0.941 bits per heavy atom. The lowest BCUT2D eigenvalue weighted by molar-refractivity contribution is 0.389. The van der Waals surface area contributed by atoms with Gasteiger partial charge < -0.3 is 10.2 Å². The Hall–Kier alpha value is 0.210. The molecule has 0 aromatic carbocycles. The molecular weight excluding hydrogens is 232 g/mol. The number of nitrogens with zero attached hydrogens (tertiary/aromatic N) is 1. The van der Waals surface area contributed by atoms with Gasteiger partial charge in [-0.2, -0.15) is 0 Å². The molecule has 1 N–H and O–H groups in total. The summed E-state index contributed by atoms with van der Waals surface area (Å²) in [6.07, 6.45) is 12.7. The first-order valence-electron chi connectivity index (χ1n) is 7.17. The maximum atomic E-state index is 3.68. The number of halogens is 1. The van der Waals surface area contributed by atoms with Gasteiger partial charge in [0, 0.05) is 6.04 Å². The topological polar surface area (TPSA) is 15.3 Å². The molecule has 1 saturated carbocycles. The predicted molar refractivity (Wildman–Crippen MR) is 79.1 cm³/mol. The van der Waals surface area contributed by atoms with Gasteiger partial charge in [0.25, 0.3) is 0 Å². The molecule has 0 unspecified atom stereocenters. The van der Waals surface area contributed by atoms with Gasteiger partial charge in [-0.15, -0.1) is 12.4 Å². The maximum Gasteiger partial charge on any atom is 0.00670 e. The van der Waals surface area contributed by atoms with Gasteiger partial charge in [0.1, 0.15) is 0 Å². The number of rotatable bonds is 9. The van der Waals surface area contributed by atoms with Crippen LogP contribution in [0.4, 0.5) is 0 Å². The lowest BCUT2D eigenvalue weighted by Gasteiger charge is -2.11. The molecular formula is C14H31ClN2. The van der Waals surface area contributed by atoms with Gasteiger partial charge in [-0.3, -0.25) is 0 Å². The van der Waals surface area contributed by atoms with Crippen LogP contribution in [0.2, 0.25) is 0 Å². The quantitative estimate of drug-likeness (QED) is 0.641. The van der Waals surface area contributed by atoms with Gasteiger partial charge in [0.15, 0.2) is 0 Å². The third-order valence-electron chi connectivity index (χ3n) is 3.57. The fourth-order valence-electron chi connectivity index (χ4n) is 2.52. The molecule has 17 heavy (non-hydrogen) atoms. The standard InChI is InChI=1S/C14H30N2.ClH/c1-16(2)13-9-5-3-4-8-12-15-14-10-6-7-11-14;/h14-15H,3-13H2,1-2H3;1H. The van der Waals surface area contributed by atoms with E-state index in [0.717, 1.165) is 6.04 Å². The summed E-state index contributed by atoms with van der Waals surface area (Å²) in [5, 5.41) is 3.68. The summed E-state index contributed by atoms with van der Waals surface area (Å²) in [5.41, 5.74) is 0. The number of nitrogens with one attached hydrogen (secondary N) is 1. The summed E-state index contributed by atoms with van der Waals surface area (Å²) in [6.45, 7) is 2.50. The highest BCUT2D eigenvalue weighted by Gasteiger charge is 2.12. The molecule has 0 aromatic heterocycles. The van der Waals surface area contributed by atoms with Crippen molar-refractivity contribution in [2.24, 2.45) is 0 Å². The third-order valence-corrected chi connectivity index (χ3v) is 3.57. The average molecular weight is 263 g/mol. The van der Waals surface area contributed by atoms with Crippen molar-refractivity contribution < 1.29 is 0 Å². The number of unbranched alkanes of at least 4 members (excludes halogenated alkanes) is 4. The summed E-state index contributed by atoms with van der Waals surface area (Å²) < 4.78 is 0. The Labute approximate surface area is 114 Å². The second-order valence-corrected chi connectivity index (χ2v) is 5.51. The molecule has 1 aliphatic rings. The van der Waals surface area contributed by atoms with Crippen LogP contribution in [0.15, 0.2) is 0 Å². The Morgan fingerprint density at radius 3 is 2.18 bits per heavy atom. The molecule has 0 heterocycles. The van der Waals surface area contributed by atoms with Crippen molar-refractivity contribution in [3.63, 3.8) is 0 Å². The molecule has 0 bridgehead atoms. The van der Waals surface area contributed by atoms with E-state index in [2.05, 4.69) is 24.3 Å². The molecule has 1 rings (SSSR count). The minimum absolute atomic E-state index is 0. The first-order chi connectivity index (χ1) is 7.79. The molecule has 0 spiro atoms. The van der Waals surface area contributed by atoms with Crippen molar-refractivity contribution >= 4 is 12.4 Å². The molecule has 0 amide bonds. The highest BCUT2D eigenvalue weighted by atomic mass is 35.5. The largest absolute Gasteiger partial charge is 0.314 e. The number of hydrogen-bond donors (Lipinski definition) is 1. The predicted octanol–water partition coefficient (Wildman–Crippen LogP) is 3.45. The zero-order chi connectivity index (χ0) is 11.6. The normalized spacial score (nSPS) is 16.4. The molecule has 2 nitrogen and oxygen atoms in total. The van der Waals surface area contributed by atoms with Crippen LogP contribution < -0.4 is 5.32 Å². The van der Waals surface area contributed by atoms with Crippen LogP contribution in [0.1, 0.15) is 57.8 Å². The smallest absolute Gasteiger partial charge is 0.00670 e. The lowest BCUT2D eigenvalue weighted by atomic mass is 10.1. The number of hydrogen-bond acceptors (Lipinski definition) is 2. The minimum atomic E-state index is 0. The summed E-state index contributed by atoms with van der Waals surface area (Å²) in [4.78, 5) is 2.28. The van der Waals surface area contributed by atoms with Crippen molar-refractivity contribution in [1.29, 1.82) is 0 Å². The van der Waals surface area contributed by atoms with Gasteiger partial charge in [0.2, 0.25) is 0 Å². The van der Waals surface area contributed by atoms with E-state index < -0.39 is 0 Å². The highest BCUT2D eigenvalue weighted by molar-refractivity contribution is 5.85. The van der Waals surface area contributed by atoms with Crippen molar-refractivity contribution in [3.05, 3.63) is 0 Å². The van der Waals surface area contributed by atoms with Crippen LogP contribution in [0.25, 0.3) is 0 Å². The van der Waals surface area contributed by atoms with Crippen molar-refractivity contribution in [2.45, 2.75) is 63.8 Å². The van der Waals surface area contributed by atoms with Gasteiger partial charge >= 0.3 is 0 Å². The van der Waals surface area contributed by atoms with E-state index in [-0.39, 0.29) is 12.4 Å². The second kappa shape index (κ2) is 11.3. The maximum absolute atomic E-state index is 3.68. The Balaban J connectivity index is 0.00000256. The second-order valence-electron chi connectivity index (χ2n) is 5.51. The molecule has 0 radical (unpaired) electrons. The summed E-state index contributed by atoms with van der Waals surface area (Å²) in [7, 11) is 4.32. The zero-order valence-corrected chi connectivity index (χ0v) is 12.5. The van der Waals surface area contributed by atoms with Crippen molar-refractivity contribution in [2.75, 3.05) is 27.2 Å². The van der Waals surface area contributed by atoms with Crippen LogP contribution in [0.3, 0.4) is 0 Å². The van der Waals surface area contributed by atoms with Crippen LogP contribution in [-0.4, -0.2) is 38.1 Å². The van der Waals surface area contributed by atoms with Gasteiger partial charge in [-0.05, 0) is 52.9 Å². The van der Waals surface area contributed by atoms with Gasteiger partial charge in [-0.25, -0.2) is 0 Å². The van der Waals surface area contributed by atoms with E-state index in [1.165, 1.54) is 70.9 Å². The van der Waals surface area contributed by atoms with Crippen LogP contribution in [0, 0.1) is 0 Å². The van der Waals surface area contributed by atoms with E-state index in [4.69, 9.17) is 0 Å². The Kier molecular flexibility index (Phi) is 11.4. The van der Waals surface area contributed by atoms with E-state index in [1.807, 2.05) is 0 Å². The molecule has 0 atom stereocenters. The molecule has 0 aromatic rings. The molecule has 1 fully saturated rings. The van der Waals surface area contributed by atoms with Crippen LogP contribution in [0.5, 0.6) is 0 Å². The van der Waals surface area contributed by atoms with Gasteiger partial charge in [0.05, 0.1) is 0 Å². The minimum Gasteiger partial charge on any atom is -0.314 e. The highest BCUT2D eigenvalue weighted by Crippen LogP contribution is 2.17. The summed E-state index contributed by atoms with van der Waals surface area (Å²) in [5.74, 6) is 0. The molecule has 0 saturated heterocycles. The lowest BCUT2D eigenvalue weighted by Crippen LogP contribution is -2.26. The van der Waals surface area contributed by atoms with E-state index in [0.29, 0.717) is 0 Å². The molecule has 104 valence electrons. The molecule has 0 aliphatic heterocycles. The van der Waals surface area contributed by atoms with Crippen molar-refractivity contribution in [3.8, 4) is 0 Å². The summed E-state index contributed by atoms with van der Waals surface area (Å²) in [6, 6.07) is 0.855. The first-order valence-corrected chi connectivity index (χ1v) is 7.17. The monoisotopic (exact) mass is 262 g/mol. The average Bonchev–Trinajstić information content (AvgIpc) is 2.74. The molecule has 1 aliphatic carbocycles. The first kappa shape index (κ1) is 17.2. The van der Waals surface area contributed by atoms with Gasteiger partial charge in [-0.1, -0.05) is 32.1 Å². The fraction of sp³-hybridized carbons (Fsp3) is 1.00. The Bertz CT molecular complexity index is 156. The van der Waals surface area contributed by atoms with E-state index in [1.54, 1.807) is 0 Å². The zero-order valence-electron chi connectivity index (χ0n) is 11.7. The van der Waals surface area contributed by atoms with Crippen molar-refractivity contribution in [1.82, 2.24) is 10.2 Å². The fourth-order valence-corrected chi connectivity index (χ4v) is 2.52. The summed E-state index contributed by atoms with van der Waals surface area (Å²) >= 11 is 0. The van der Waals surface area contributed by atoms with Crippen LogP contribution in [-0.2, 0) is 0 Å². The van der Waals surface area contributed by atoms with E-state index in [9.17, 15) is 0 Å². The Morgan fingerprint density at radius 2 is 1.53 bits per heavy atom. The van der Waals surface area contributed by atoms with Crippen LogP contribution >= 0.6 is 12.4 Å². The van der Waals surface area contributed by atoms with E-state index >= 15 is 0 Å². The SMILES string of the molecule is CN(C)CCCCCCCNC1CCCC1.Cl.